The van der Waals surface area contributed by atoms with Gasteiger partial charge in [0.25, 0.3) is 0 Å². The third kappa shape index (κ3) is 4.51. The quantitative estimate of drug-likeness (QED) is 0.636. The van der Waals surface area contributed by atoms with Crippen molar-refractivity contribution < 1.29 is 9.59 Å². The van der Waals surface area contributed by atoms with Gasteiger partial charge in [0.2, 0.25) is 5.91 Å². The second kappa shape index (κ2) is 8.23. The van der Waals surface area contributed by atoms with E-state index in [-0.39, 0.29) is 18.1 Å². The molecule has 2 aromatic heterocycles. The fourth-order valence-corrected chi connectivity index (χ4v) is 4.41. The second-order valence-corrected chi connectivity index (χ2v) is 9.96. The first-order valence-corrected chi connectivity index (χ1v) is 11.6. The van der Waals surface area contributed by atoms with E-state index in [2.05, 4.69) is 25.5 Å². The molecule has 0 spiro atoms. The zero-order valence-electron chi connectivity index (χ0n) is 16.3. The molecule has 3 heterocycles. The number of allylic oxidation sites excluding steroid dienone is 1. The molecule has 7 nitrogen and oxygen atoms in total. The van der Waals surface area contributed by atoms with Crippen LogP contribution in [0.5, 0.6) is 0 Å². The van der Waals surface area contributed by atoms with E-state index in [0.29, 0.717) is 33.4 Å². The summed E-state index contributed by atoms with van der Waals surface area (Å²) in [6.07, 6.45) is 7.65. The highest BCUT2D eigenvalue weighted by molar-refractivity contribution is 8.00. The van der Waals surface area contributed by atoms with Gasteiger partial charge in [-0.2, -0.15) is 5.10 Å². The predicted octanol–water partition coefficient (Wildman–Crippen LogP) is 3.47. The van der Waals surface area contributed by atoms with Gasteiger partial charge in [0.1, 0.15) is 5.69 Å². The lowest BCUT2D eigenvalue weighted by atomic mass is 9.88. The minimum atomic E-state index is -1.09. The van der Waals surface area contributed by atoms with Crippen molar-refractivity contribution in [3.63, 3.8) is 0 Å². The lowest BCUT2D eigenvalue weighted by Gasteiger charge is -2.19. The Labute approximate surface area is 177 Å². The number of thiazole rings is 1. The first-order chi connectivity index (χ1) is 14.0. The molecule has 0 saturated heterocycles. The van der Waals surface area contributed by atoms with Crippen molar-refractivity contribution in [3.05, 3.63) is 40.7 Å². The lowest BCUT2D eigenvalue weighted by Crippen LogP contribution is -2.32. The summed E-state index contributed by atoms with van der Waals surface area (Å²) >= 11 is 2.90. The number of nitrogens with one attached hydrogen (secondary N) is 2. The van der Waals surface area contributed by atoms with Crippen molar-refractivity contribution in [2.24, 2.45) is 4.99 Å². The van der Waals surface area contributed by atoms with Crippen LogP contribution in [0.1, 0.15) is 49.7 Å². The minimum Gasteiger partial charge on any atom is -0.301 e. The Hall–Kier alpha value is -2.26. The number of rotatable bonds is 9. The summed E-state index contributed by atoms with van der Waals surface area (Å²) in [5, 5.41) is 13.0. The number of nitrogens with zero attached hydrogens (tertiary/aromatic N) is 3. The fraction of sp³-hybridized carbons (Fsp3) is 0.450. The molecule has 9 heteroatoms. The minimum absolute atomic E-state index is 0.0835. The van der Waals surface area contributed by atoms with Crippen molar-refractivity contribution in [2.45, 2.75) is 49.8 Å². The van der Waals surface area contributed by atoms with E-state index < -0.39 is 5.54 Å². The smallest absolute Gasteiger partial charge is 0.236 e. The largest absolute Gasteiger partial charge is 0.301 e. The van der Waals surface area contributed by atoms with Crippen LogP contribution in [-0.4, -0.2) is 44.1 Å². The maximum atomic E-state index is 13.2. The number of aromatic amines is 1. The van der Waals surface area contributed by atoms with E-state index in [1.165, 1.54) is 11.3 Å². The van der Waals surface area contributed by atoms with E-state index in [9.17, 15) is 9.59 Å². The Balaban J connectivity index is 1.43. The number of hydrogen-bond donors (Lipinski definition) is 2. The number of ketones is 1. The molecule has 4 rings (SSSR count). The van der Waals surface area contributed by atoms with Gasteiger partial charge in [-0.1, -0.05) is 13.8 Å². The van der Waals surface area contributed by atoms with E-state index in [0.717, 1.165) is 18.5 Å². The highest BCUT2D eigenvalue weighted by atomic mass is 32.2. The number of Topliss-reactive ketones (excluding diaryl/α,β-unsaturated/α-hetero) is 1. The number of thioether (sulfide) groups is 1. The summed E-state index contributed by atoms with van der Waals surface area (Å²) in [5.74, 6) is 0.738. The van der Waals surface area contributed by atoms with E-state index in [1.807, 2.05) is 19.9 Å². The normalized spacial score (nSPS) is 20.5. The topological polar surface area (TPSA) is 100 Å². The van der Waals surface area contributed by atoms with Crippen LogP contribution in [0.2, 0.25) is 0 Å². The van der Waals surface area contributed by atoms with Crippen molar-refractivity contribution >= 4 is 46.1 Å². The molecule has 0 aromatic carbocycles. The molecular weight excluding hydrogens is 406 g/mol. The molecule has 1 amide bonds. The van der Waals surface area contributed by atoms with Crippen LogP contribution in [0.25, 0.3) is 0 Å². The molecular formula is C20H23N5O2S2. The average Bonchev–Trinajstić information content (AvgIpc) is 3.10. The molecule has 1 aliphatic carbocycles. The maximum absolute atomic E-state index is 13.2. The number of H-pyrrole nitrogens is 1. The first-order valence-electron chi connectivity index (χ1n) is 9.64. The summed E-state index contributed by atoms with van der Waals surface area (Å²) in [5.41, 5.74) is 1.23. The monoisotopic (exact) mass is 429 g/mol. The first kappa shape index (κ1) is 20.0. The number of amides is 1. The molecule has 1 fully saturated rings. The summed E-state index contributed by atoms with van der Waals surface area (Å²) in [6.45, 7) is 4.10. The molecule has 29 heavy (non-hydrogen) atoms. The number of aromatic nitrogens is 3. The molecule has 1 atom stereocenters. The zero-order chi connectivity index (χ0) is 20.4. The van der Waals surface area contributed by atoms with Gasteiger partial charge in [0.15, 0.2) is 16.5 Å². The number of carbonyl (C=O) groups excluding carboxylic acids is 2. The van der Waals surface area contributed by atoms with Crippen LogP contribution in [0.3, 0.4) is 0 Å². The SMILES string of the molecule is CC(C)SCC(=O)Nc1nc(CC(=O)C2(c3cc(C4CC4)[nH]n3)C=CC=N2)cs1. The van der Waals surface area contributed by atoms with Crippen LogP contribution in [0.4, 0.5) is 5.13 Å². The summed E-state index contributed by atoms with van der Waals surface area (Å²) in [7, 11) is 0. The van der Waals surface area contributed by atoms with Gasteiger partial charge in [-0.25, -0.2) is 4.98 Å². The van der Waals surface area contributed by atoms with E-state index in [1.54, 1.807) is 35.5 Å². The van der Waals surface area contributed by atoms with Crippen LogP contribution in [-0.2, 0) is 21.5 Å². The fourth-order valence-electron chi connectivity index (χ4n) is 3.12. The number of carbonyl (C=O) groups is 2. The molecule has 2 N–H and O–H groups in total. The Morgan fingerprint density at radius 2 is 2.24 bits per heavy atom. The van der Waals surface area contributed by atoms with Crippen molar-refractivity contribution in [2.75, 3.05) is 11.1 Å². The molecule has 1 saturated carbocycles. The van der Waals surface area contributed by atoms with Crippen LogP contribution < -0.4 is 5.32 Å². The number of hydrogen-bond acceptors (Lipinski definition) is 7. The van der Waals surface area contributed by atoms with Gasteiger partial charge < -0.3 is 5.32 Å². The highest BCUT2D eigenvalue weighted by Gasteiger charge is 2.41. The Morgan fingerprint density at radius 1 is 1.41 bits per heavy atom. The predicted molar refractivity (Wildman–Crippen MR) is 117 cm³/mol. The Morgan fingerprint density at radius 3 is 2.93 bits per heavy atom. The van der Waals surface area contributed by atoms with Gasteiger partial charge in [0.05, 0.1) is 17.9 Å². The summed E-state index contributed by atoms with van der Waals surface area (Å²) in [6, 6.07) is 1.96. The number of anilines is 1. The van der Waals surface area contributed by atoms with Gasteiger partial charge in [-0.15, -0.1) is 23.1 Å². The van der Waals surface area contributed by atoms with Gasteiger partial charge in [-0.3, -0.25) is 19.7 Å². The average molecular weight is 430 g/mol. The van der Waals surface area contributed by atoms with Gasteiger partial charge in [-0.05, 0) is 36.3 Å². The third-order valence-electron chi connectivity index (χ3n) is 4.82. The van der Waals surface area contributed by atoms with Crippen molar-refractivity contribution in [3.8, 4) is 0 Å². The third-order valence-corrected chi connectivity index (χ3v) is 6.72. The molecule has 152 valence electrons. The molecule has 0 radical (unpaired) electrons. The van der Waals surface area contributed by atoms with Gasteiger partial charge >= 0.3 is 0 Å². The standard InChI is InChI=1S/C20H23N5O2S2/c1-12(2)28-11-18(27)23-19-22-14(10-29-19)8-17(26)20(6-3-7-21-20)16-9-15(24-25-16)13-4-5-13/h3,6-7,9-10,12-13H,4-5,8,11H2,1-2H3,(H,24,25)(H,22,23,27). The molecule has 2 aliphatic rings. The lowest BCUT2D eigenvalue weighted by molar-refractivity contribution is -0.122. The van der Waals surface area contributed by atoms with Crippen LogP contribution in [0.15, 0.2) is 28.6 Å². The van der Waals surface area contributed by atoms with E-state index in [4.69, 9.17) is 0 Å². The molecule has 1 unspecified atom stereocenters. The summed E-state index contributed by atoms with van der Waals surface area (Å²) < 4.78 is 0. The zero-order valence-corrected chi connectivity index (χ0v) is 18.0. The summed E-state index contributed by atoms with van der Waals surface area (Å²) in [4.78, 5) is 34.0. The highest BCUT2D eigenvalue weighted by Crippen LogP contribution is 2.41. The number of aliphatic imine (C=N–C) groups is 1. The Kier molecular flexibility index (Phi) is 5.69. The molecule has 2 aromatic rings. The van der Waals surface area contributed by atoms with Crippen molar-refractivity contribution in [1.29, 1.82) is 0 Å². The van der Waals surface area contributed by atoms with E-state index >= 15 is 0 Å². The van der Waals surface area contributed by atoms with Crippen LogP contribution in [0, 0.1) is 0 Å². The molecule has 0 bridgehead atoms. The maximum Gasteiger partial charge on any atom is 0.236 e. The van der Waals surface area contributed by atoms with Gasteiger partial charge in [0, 0.05) is 23.2 Å². The van der Waals surface area contributed by atoms with Crippen LogP contribution >= 0.6 is 23.1 Å². The Bertz CT molecular complexity index is 959. The molecule has 1 aliphatic heterocycles. The van der Waals surface area contributed by atoms with Crippen molar-refractivity contribution in [1.82, 2.24) is 15.2 Å². The second-order valence-electron chi connectivity index (χ2n) is 7.54.